The number of nitrogens with zero attached hydrogens (tertiary/aromatic N) is 4. The van der Waals surface area contributed by atoms with Crippen molar-refractivity contribution in [2.24, 2.45) is 11.7 Å². The van der Waals surface area contributed by atoms with Crippen LogP contribution in [0, 0.1) is 25.6 Å². The molecule has 70 heavy (non-hydrogen) atoms. The predicted octanol–water partition coefficient (Wildman–Crippen LogP) is 13.8. The van der Waals surface area contributed by atoms with Gasteiger partial charge in [-0.3, -0.25) is 19.5 Å². The smallest absolute Gasteiger partial charge is 0.242 e. The molecule has 3 heterocycles. The first-order valence-corrected chi connectivity index (χ1v) is 27.1. The van der Waals surface area contributed by atoms with E-state index >= 15 is 0 Å². The second kappa shape index (κ2) is 33.3. The average molecular weight is 968 g/mol. The summed E-state index contributed by atoms with van der Waals surface area (Å²) in [6.45, 7) is 32.2. The Morgan fingerprint density at radius 3 is 2.00 bits per heavy atom. The maximum Gasteiger partial charge on any atom is 0.242 e. The number of ketones is 1. The Kier molecular flexibility index (Phi) is 29.4. The number of aryl methyl sites for hydroxylation is 2. The minimum absolute atomic E-state index is 0.0679. The van der Waals surface area contributed by atoms with E-state index in [0.29, 0.717) is 29.1 Å². The summed E-state index contributed by atoms with van der Waals surface area (Å²) in [6.07, 6.45) is 20.5. The first kappa shape index (κ1) is 61.7. The molecule has 0 radical (unpaired) electrons. The van der Waals surface area contributed by atoms with E-state index in [9.17, 15) is 14.0 Å². The number of rotatable bonds is 21. The molecule has 9 nitrogen and oxygen atoms in total. The minimum Gasteiger partial charge on any atom is -0.374 e. The molecule has 3 aromatic rings. The Morgan fingerprint density at radius 1 is 0.871 bits per heavy atom. The number of carbonyl (C=O) groups excluding carboxylic acids is 2. The molecule has 0 saturated carbocycles. The molecule has 1 saturated heterocycles. The fourth-order valence-corrected chi connectivity index (χ4v) is 9.46. The summed E-state index contributed by atoms with van der Waals surface area (Å²) in [6, 6.07) is 16.2. The second-order valence-corrected chi connectivity index (χ2v) is 19.8. The first-order chi connectivity index (χ1) is 33.5. The number of anilines is 1. The summed E-state index contributed by atoms with van der Waals surface area (Å²) < 4.78 is 13.5. The van der Waals surface area contributed by atoms with Gasteiger partial charge in [-0.1, -0.05) is 110 Å². The summed E-state index contributed by atoms with van der Waals surface area (Å²) >= 11 is 0. The van der Waals surface area contributed by atoms with Crippen LogP contribution in [0.2, 0.25) is 0 Å². The number of piperidine rings is 1. The van der Waals surface area contributed by atoms with Crippen molar-refractivity contribution < 1.29 is 14.0 Å². The molecule has 0 bridgehead atoms. The average Bonchev–Trinajstić information content (AvgIpc) is 3.35. The topological polar surface area (TPSA) is 107 Å². The quantitative estimate of drug-likeness (QED) is 0.0907. The number of hydrogen-bond donors (Lipinski definition) is 3. The number of Topliss-reactive ketones (excluding diaryl/α,β-unsaturated/α-hetero) is 1. The number of nitrogens with two attached hydrogens (primary N) is 1. The van der Waals surface area contributed by atoms with E-state index in [0.717, 1.165) is 68.9 Å². The molecule has 10 heteroatoms. The molecule has 2 aliphatic rings. The Bertz CT molecular complexity index is 2000. The number of amides is 1. The van der Waals surface area contributed by atoms with E-state index in [1.807, 2.05) is 32.2 Å². The van der Waals surface area contributed by atoms with Crippen LogP contribution >= 0.6 is 0 Å². The fourth-order valence-electron chi connectivity index (χ4n) is 9.46. The van der Waals surface area contributed by atoms with Crippen LogP contribution in [-0.4, -0.2) is 95.9 Å². The maximum absolute atomic E-state index is 13.5. The number of likely N-dealkylation sites (tertiary alicyclic amines) is 1. The lowest BCUT2D eigenvalue weighted by Crippen LogP contribution is -2.40. The molecule has 2 aliphatic heterocycles. The van der Waals surface area contributed by atoms with Gasteiger partial charge in [-0.15, -0.1) is 0 Å². The third-order valence-corrected chi connectivity index (χ3v) is 13.9. The highest BCUT2D eigenvalue weighted by Crippen LogP contribution is 2.33. The molecule has 2 aromatic carbocycles. The fraction of sp³-hybridized carbons (Fsp3) is 0.617. The van der Waals surface area contributed by atoms with Crippen molar-refractivity contribution in [3.05, 3.63) is 106 Å². The standard InChI is InChI=1S/C30H40N4O.C15H23FN2O.C13H29N.C2H6/c1-20(18-29-21(2)32-15-12-28(29)27-10-11-30(31)33(5)19-27)22(3)34-16-13-26(14-17-34)25-8-6-24(7-9-25)23(4)35;1-10(2)5-8-14(15(19)17-4)18-12-7-6-11(3)13(16)9-12;1-5-9-13(10-6-2)14(11-7-3)12-8-4;1-2/h6-9,12,15,18-19,22,26,30H,10-11,13-14,16-17,31H2,1-5H3;6-7,9-10,14,18H,5,8H2,1-4H3,(H,17,19);13H,5-12H2,1-4H3;1-2H3/b20-18+;;;. The van der Waals surface area contributed by atoms with Crippen molar-refractivity contribution in [1.29, 1.82) is 0 Å². The molecule has 5 rings (SSSR count). The summed E-state index contributed by atoms with van der Waals surface area (Å²) in [4.78, 5) is 35.4. The number of pyridine rings is 1. The Balaban J connectivity index is 0.000000404. The largest absolute Gasteiger partial charge is 0.374 e. The van der Waals surface area contributed by atoms with Crippen LogP contribution in [0.4, 0.5) is 10.1 Å². The number of nitrogens with one attached hydrogen (secondary N) is 2. The molecular formula is C60H98FN7O2. The number of allylic oxidation sites excluding steroid dienone is 1. The van der Waals surface area contributed by atoms with Gasteiger partial charge >= 0.3 is 0 Å². The van der Waals surface area contributed by atoms with Gasteiger partial charge in [0.05, 0.1) is 6.17 Å². The van der Waals surface area contributed by atoms with Crippen LogP contribution in [-0.2, 0) is 4.79 Å². The molecule has 0 spiro atoms. The number of likely N-dealkylation sites (N-methyl/N-ethyl adjacent to an activating group) is 1. The van der Waals surface area contributed by atoms with Gasteiger partial charge in [0.15, 0.2) is 5.78 Å². The van der Waals surface area contributed by atoms with Crippen LogP contribution in [0.15, 0.2) is 66.5 Å². The van der Waals surface area contributed by atoms with Crippen molar-refractivity contribution in [2.75, 3.05) is 45.6 Å². The molecule has 392 valence electrons. The number of aromatic nitrogens is 1. The molecular weight excluding hydrogens is 870 g/mol. The normalized spacial score (nSPS) is 16.3. The number of carbonyl (C=O) groups is 2. The SMILES string of the molecule is CC.CC(=O)c1ccc(C2CCN(C(C)/C(C)=C/c3c(C4=CN(C)C(N)CC4)ccnc3C)CC2)cc1.CCCC(CCC)N(CCC)CCC.CNC(=O)C(CCC(C)C)Nc1ccc(C)c(F)c1. The van der Waals surface area contributed by atoms with Crippen molar-refractivity contribution in [3.63, 3.8) is 0 Å². The number of benzene rings is 2. The highest BCUT2D eigenvalue weighted by Gasteiger charge is 2.26. The van der Waals surface area contributed by atoms with Crippen LogP contribution in [0.25, 0.3) is 11.6 Å². The lowest BCUT2D eigenvalue weighted by Gasteiger charge is -2.37. The third kappa shape index (κ3) is 20.4. The van der Waals surface area contributed by atoms with E-state index in [4.69, 9.17) is 5.73 Å². The van der Waals surface area contributed by atoms with Gasteiger partial charge in [-0.05, 0) is 177 Å². The highest BCUT2D eigenvalue weighted by molar-refractivity contribution is 5.94. The highest BCUT2D eigenvalue weighted by atomic mass is 19.1. The van der Waals surface area contributed by atoms with Gasteiger partial charge in [0.1, 0.15) is 11.9 Å². The monoisotopic (exact) mass is 968 g/mol. The predicted molar refractivity (Wildman–Crippen MR) is 299 cm³/mol. The maximum atomic E-state index is 13.5. The molecule has 4 N–H and O–H groups in total. The van der Waals surface area contributed by atoms with Gasteiger partial charge in [0, 0.05) is 61.1 Å². The van der Waals surface area contributed by atoms with E-state index < -0.39 is 0 Å². The number of halogens is 1. The Hall–Kier alpha value is -4.38. The summed E-state index contributed by atoms with van der Waals surface area (Å²) in [7, 11) is 3.67. The van der Waals surface area contributed by atoms with E-state index in [1.165, 1.54) is 85.5 Å². The molecule has 3 unspecified atom stereocenters. The van der Waals surface area contributed by atoms with Crippen molar-refractivity contribution in [1.82, 2.24) is 25.0 Å². The van der Waals surface area contributed by atoms with E-state index in [1.54, 1.807) is 33.0 Å². The molecule has 0 aliphatic carbocycles. The number of hydrogen-bond acceptors (Lipinski definition) is 8. The summed E-state index contributed by atoms with van der Waals surface area (Å²) in [5.41, 5.74) is 15.9. The van der Waals surface area contributed by atoms with Gasteiger partial charge in [-0.2, -0.15) is 0 Å². The second-order valence-electron chi connectivity index (χ2n) is 19.8. The Morgan fingerprint density at radius 2 is 1.49 bits per heavy atom. The summed E-state index contributed by atoms with van der Waals surface area (Å²) in [5, 5.41) is 5.74. The lowest BCUT2D eigenvalue weighted by molar-refractivity contribution is -0.121. The summed E-state index contributed by atoms with van der Waals surface area (Å²) in [5.74, 6) is 0.900. The molecule has 1 aromatic heterocycles. The van der Waals surface area contributed by atoms with Gasteiger partial charge < -0.3 is 26.2 Å². The zero-order valence-corrected chi connectivity index (χ0v) is 46.7. The third-order valence-electron chi connectivity index (χ3n) is 13.9. The molecule has 1 fully saturated rings. The van der Waals surface area contributed by atoms with Crippen LogP contribution in [0.3, 0.4) is 0 Å². The first-order valence-electron chi connectivity index (χ1n) is 27.1. The van der Waals surface area contributed by atoms with Crippen LogP contribution in [0.1, 0.15) is 197 Å². The molecule has 3 atom stereocenters. The lowest BCUT2D eigenvalue weighted by atomic mass is 9.87. The van der Waals surface area contributed by atoms with Gasteiger partial charge in [-0.25, -0.2) is 4.39 Å². The van der Waals surface area contributed by atoms with Crippen molar-refractivity contribution >= 4 is 29.0 Å². The van der Waals surface area contributed by atoms with Gasteiger partial charge in [0.2, 0.25) is 5.91 Å². The van der Waals surface area contributed by atoms with E-state index in [-0.39, 0.29) is 29.7 Å². The van der Waals surface area contributed by atoms with E-state index in [2.05, 4.69) is 130 Å². The van der Waals surface area contributed by atoms with Crippen LogP contribution < -0.4 is 16.4 Å². The minimum atomic E-state index is -0.325. The van der Waals surface area contributed by atoms with Crippen molar-refractivity contribution in [3.8, 4) is 0 Å². The molecule has 1 amide bonds. The van der Waals surface area contributed by atoms with Crippen LogP contribution in [0.5, 0.6) is 0 Å². The zero-order chi connectivity index (χ0) is 52.3. The Labute approximate surface area is 426 Å². The van der Waals surface area contributed by atoms with Crippen molar-refractivity contribution in [2.45, 2.75) is 197 Å². The van der Waals surface area contributed by atoms with Gasteiger partial charge in [0.25, 0.3) is 0 Å². The zero-order valence-electron chi connectivity index (χ0n) is 46.7.